The van der Waals surface area contributed by atoms with Gasteiger partial charge in [0, 0.05) is 30.3 Å². The van der Waals surface area contributed by atoms with E-state index in [4.69, 9.17) is 0 Å². The van der Waals surface area contributed by atoms with Crippen LogP contribution in [0.25, 0.3) is 0 Å². The van der Waals surface area contributed by atoms with Crippen molar-refractivity contribution in [1.29, 1.82) is 0 Å². The van der Waals surface area contributed by atoms with E-state index in [-0.39, 0.29) is 17.4 Å². The summed E-state index contributed by atoms with van der Waals surface area (Å²) in [6.07, 6.45) is 3.85. The average Bonchev–Trinajstić information content (AvgIpc) is 2.80. The molecule has 0 saturated heterocycles. The minimum absolute atomic E-state index is 0.0111. The van der Waals surface area contributed by atoms with Crippen molar-refractivity contribution in [2.75, 3.05) is 5.32 Å². The molecule has 1 aliphatic carbocycles. The second-order valence-electron chi connectivity index (χ2n) is 5.57. The maximum Gasteiger partial charge on any atom is 0.248 e. The second kappa shape index (κ2) is 5.20. The van der Waals surface area contributed by atoms with Crippen molar-refractivity contribution in [3.63, 3.8) is 0 Å². The van der Waals surface area contributed by atoms with Crippen molar-refractivity contribution in [1.82, 2.24) is 15.0 Å². The number of aromatic nitrogens is 3. The Morgan fingerprint density at radius 3 is 3.00 bits per heavy atom. The quantitative estimate of drug-likeness (QED) is 0.780. The highest BCUT2D eigenvalue weighted by Crippen LogP contribution is 2.25. The topological polar surface area (TPSA) is 90.6 Å². The number of imidazole rings is 1. The molecular weight excluding hydrogens is 268 g/mol. The van der Waals surface area contributed by atoms with Crippen LogP contribution in [-0.2, 0) is 17.6 Å². The highest BCUT2D eigenvalue weighted by Gasteiger charge is 2.27. The van der Waals surface area contributed by atoms with Gasteiger partial charge >= 0.3 is 0 Å². The Kier molecular flexibility index (Phi) is 3.37. The number of amides is 1. The molecule has 0 aromatic carbocycles. The molecule has 0 spiro atoms. The van der Waals surface area contributed by atoms with Crippen LogP contribution < -0.4 is 10.9 Å². The van der Waals surface area contributed by atoms with Gasteiger partial charge in [-0.2, -0.15) is 0 Å². The lowest BCUT2D eigenvalue weighted by Gasteiger charge is -2.21. The van der Waals surface area contributed by atoms with Crippen LogP contribution in [0.3, 0.4) is 0 Å². The third-order valence-electron chi connectivity index (χ3n) is 3.92. The number of fused-ring (bicyclic) bond motifs is 1. The maximum absolute atomic E-state index is 12.4. The number of hydrogen-bond donors (Lipinski definition) is 3. The molecule has 0 radical (unpaired) electrons. The van der Waals surface area contributed by atoms with E-state index < -0.39 is 0 Å². The first-order chi connectivity index (χ1) is 10.0. The molecule has 1 atom stereocenters. The Morgan fingerprint density at radius 2 is 2.24 bits per heavy atom. The second-order valence-corrected chi connectivity index (χ2v) is 5.57. The molecule has 0 aliphatic heterocycles. The Labute approximate surface area is 122 Å². The van der Waals surface area contributed by atoms with Crippen LogP contribution in [0.2, 0.25) is 0 Å². The number of hydrogen-bond acceptors (Lipinski definition) is 3. The van der Waals surface area contributed by atoms with E-state index in [1.54, 1.807) is 6.20 Å². The SMILES string of the molecule is Cc1nc2c([nH]1)CC(C(=O)Nc1c[nH]c(=O)cc1C)CC2. The van der Waals surface area contributed by atoms with Gasteiger partial charge in [0.25, 0.3) is 0 Å². The molecule has 3 N–H and O–H groups in total. The van der Waals surface area contributed by atoms with Gasteiger partial charge in [-0.1, -0.05) is 0 Å². The molecule has 1 amide bonds. The van der Waals surface area contributed by atoms with E-state index in [2.05, 4.69) is 20.3 Å². The third kappa shape index (κ3) is 2.74. The Morgan fingerprint density at radius 1 is 1.43 bits per heavy atom. The first-order valence-corrected chi connectivity index (χ1v) is 7.07. The summed E-state index contributed by atoms with van der Waals surface area (Å²) in [5, 5.41) is 2.90. The highest BCUT2D eigenvalue weighted by molar-refractivity contribution is 5.93. The molecule has 2 aromatic rings. The summed E-state index contributed by atoms with van der Waals surface area (Å²) in [5.74, 6) is 0.823. The summed E-state index contributed by atoms with van der Waals surface area (Å²) < 4.78 is 0. The fourth-order valence-corrected chi connectivity index (χ4v) is 2.79. The number of nitrogens with one attached hydrogen (secondary N) is 3. The molecule has 1 aliphatic rings. The summed E-state index contributed by atoms with van der Waals surface area (Å²) in [6, 6.07) is 1.48. The third-order valence-corrected chi connectivity index (χ3v) is 3.92. The number of aryl methyl sites for hydroxylation is 3. The fraction of sp³-hybridized carbons (Fsp3) is 0.400. The average molecular weight is 286 g/mol. The maximum atomic E-state index is 12.4. The van der Waals surface area contributed by atoms with Crippen LogP contribution >= 0.6 is 0 Å². The van der Waals surface area contributed by atoms with Gasteiger partial charge in [0.1, 0.15) is 5.82 Å². The van der Waals surface area contributed by atoms with Crippen LogP contribution in [0.15, 0.2) is 17.1 Å². The van der Waals surface area contributed by atoms with Gasteiger partial charge in [0.15, 0.2) is 0 Å². The van der Waals surface area contributed by atoms with Gasteiger partial charge in [0.05, 0.1) is 11.4 Å². The van der Waals surface area contributed by atoms with Crippen LogP contribution in [0.1, 0.15) is 29.2 Å². The molecule has 2 aromatic heterocycles. The van der Waals surface area contributed by atoms with Crippen molar-refractivity contribution in [2.45, 2.75) is 33.1 Å². The van der Waals surface area contributed by atoms with Crippen LogP contribution in [0.4, 0.5) is 5.69 Å². The zero-order valence-corrected chi connectivity index (χ0v) is 12.1. The minimum atomic E-state index is -0.166. The van der Waals surface area contributed by atoms with Gasteiger partial charge in [-0.25, -0.2) is 4.98 Å². The number of pyridine rings is 1. The highest BCUT2D eigenvalue weighted by atomic mass is 16.2. The summed E-state index contributed by atoms with van der Waals surface area (Å²) in [5.41, 5.74) is 3.40. The van der Waals surface area contributed by atoms with E-state index in [1.807, 2.05) is 13.8 Å². The first kappa shape index (κ1) is 13.6. The Balaban J connectivity index is 1.73. The molecule has 2 heterocycles. The van der Waals surface area contributed by atoms with Crippen molar-refractivity contribution in [2.24, 2.45) is 5.92 Å². The van der Waals surface area contributed by atoms with Crippen LogP contribution in [0.5, 0.6) is 0 Å². The molecule has 21 heavy (non-hydrogen) atoms. The molecule has 6 nitrogen and oxygen atoms in total. The molecule has 0 saturated carbocycles. The standard InChI is InChI=1S/C15H18N4O2/c1-8-5-14(20)16-7-13(8)19-15(21)10-3-4-11-12(6-10)18-9(2)17-11/h5,7,10H,3-4,6H2,1-2H3,(H,16,20)(H,17,18)(H,19,21). The number of aromatic amines is 2. The zero-order chi connectivity index (χ0) is 15.0. The molecular formula is C15H18N4O2. The smallest absolute Gasteiger partial charge is 0.248 e. The molecule has 3 rings (SSSR count). The number of nitrogens with zero attached hydrogens (tertiary/aromatic N) is 1. The van der Waals surface area contributed by atoms with Gasteiger partial charge in [-0.3, -0.25) is 9.59 Å². The number of carbonyl (C=O) groups is 1. The number of H-pyrrole nitrogens is 2. The lowest BCUT2D eigenvalue weighted by Crippen LogP contribution is -2.28. The lowest BCUT2D eigenvalue weighted by atomic mass is 9.89. The number of anilines is 1. The molecule has 6 heteroatoms. The Hall–Kier alpha value is -2.37. The first-order valence-electron chi connectivity index (χ1n) is 7.07. The van der Waals surface area contributed by atoms with Crippen molar-refractivity contribution < 1.29 is 4.79 Å². The van der Waals surface area contributed by atoms with Crippen LogP contribution in [-0.4, -0.2) is 20.9 Å². The number of rotatable bonds is 2. The molecule has 1 unspecified atom stereocenters. The minimum Gasteiger partial charge on any atom is -0.346 e. The summed E-state index contributed by atoms with van der Waals surface area (Å²) in [4.78, 5) is 33.8. The monoisotopic (exact) mass is 286 g/mol. The van der Waals surface area contributed by atoms with E-state index in [0.717, 1.165) is 35.6 Å². The molecule has 0 bridgehead atoms. The van der Waals surface area contributed by atoms with E-state index in [9.17, 15) is 9.59 Å². The summed E-state index contributed by atoms with van der Waals surface area (Å²) in [6.45, 7) is 3.74. The fourth-order valence-electron chi connectivity index (χ4n) is 2.79. The molecule has 110 valence electrons. The van der Waals surface area contributed by atoms with Gasteiger partial charge in [-0.05, 0) is 32.3 Å². The zero-order valence-electron chi connectivity index (χ0n) is 12.1. The lowest BCUT2D eigenvalue weighted by molar-refractivity contribution is -0.120. The van der Waals surface area contributed by atoms with Gasteiger partial charge in [-0.15, -0.1) is 0 Å². The predicted molar refractivity (Wildman–Crippen MR) is 79.3 cm³/mol. The normalized spacial score (nSPS) is 17.3. The van der Waals surface area contributed by atoms with Crippen molar-refractivity contribution >= 4 is 11.6 Å². The molecule has 0 fully saturated rings. The van der Waals surface area contributed by atoms with Crippen molar-refractivity contribution in [3.8, 4) is 0 Å². The van der Waals surface area contributed by atoms with E-state index in [1.165, 1.54) is 6.07 Å². The van der Waals surface area contributed by atoms with E-state index >= 15 is 0 Å². The number of carbonyl (C=O) groups excluding carboxylic acids is 1. The van der Waals surface area contributed by atoms with Crippen LogP contribution in [0, 0.1) is 19.8 Å². The summed E-state index contributed by atoms with van der Waals surface area (Å²) in [7, 11) is 0. The van der Waals surface area contributed by atoms with Crippen molar-refractivity contribution in [3.05, 3.63) is 45.4 Å². The Bertz CT molecular complexity index is 744. The summed E-state index contributed by atoms with van der Waals surface area (Å²) >= 11 is 0. The van der Waals surface area contributed by atoms with Gasteiger partial charge < -0.3 is 15.3 Å². The largest absolute Gasteiger partial charge is 0.346 e. The van der Waals surface area contributed by atoms with Gasteiger partial charge in [0.2, 0.25) is 11.5 Å². The van der Waals surface area contributed by atoms with E-state index in [0.29, 0.717) is 12.1 Å². The predicted octanol–water partition coefficient (Wildman–Crippen LogP) is 1.46.